The summed E-state index contributed by atoms with van der Waals surface area (Å²) in [6, 6.07) is 0. The van der Waals surface area contributed by atoms with Gasteiger partial charge in [0.25, 0.3) is 0 Å². The molecule has 6 heteroatoms. The maximum Gasteiger partial charge on any atom is 0.334 e. The number of allylic oxidation sites excluding steroid dienone is 1. The fraction of sp³-hybridized carbons (Fsp3) is 0.700. The third-order valence-electron chi connectivity index (χ3n) is 6.71. The normalized spacial score (nSPS) is 45.6. The Balaban J connectivity index is 2.02. The summed E-state index contributed by atoms with van der Waals surface area (Å²) in [5.41, 5.74) is -1.08. The monoisotopic (exact) mass is 364 g/mol. The van der Waals surface area contributed by atoms with E-state index in [9.17, 15) is 19.8 Å². The van der Waals surface area contributed by atoms with Crippen LogP contribution in [0.2, 0.25) is 0 Å². The second-order valence-electron chi connectivity index (χ2n) is 8.44. The van der Waals surface area contributed by atoms with Crippen molar-refractivity contribution in [2.45, 2.75) is 70.9 Å². The molecule has 3 rings (SSSR count). The van der Waals surface area contributed by atoms with Gasteiger partial charge in [-0.2, -0.15) is 0 Å². The van der Waals surface area contributed by atoms with Crippen LogP contribution in [0.1, 0.15) is 47.0 Å². The molecular formula is C20H28O6. The van der Waals surface area contributed by atoms with Crippen LogP contribution in [-0.2, 0) is 19.1 Å². The number of carbonyl (C=O) groups excluding carboxylic acids is 2. The molecule has 2 N–H and O–H groups in total. The van der Waals surface area contributed by atoms with Crippen molar-refractivity contribution >= 4 is 11.9 Å². The molecule has 6 nitrogen and oxygen atoms in total. The van der Waals surface area contributed by atoms with Crippen LogP contribution in [-0.4, -0.2) is 46.1 Å². The number of rotatable bonds is 2. The number of aliphatic hydroxyl groups excluding tert-OH is 1. The Kier molecular flexibility index (Phi) is 4.56. The van der Waals surface area contributed by atoms with Crippen molar-refractivity contribution in [1.29, 1.82) is 0 Å². The summed E-state index contributed by atoms with van der Waals surface area (Å²) in [4.78, 5) is 24.6. The van der Waals surface area contributed by atoms with Crippen molar-refractivity contribution in [3.8, 4) is 0 Å². The Hall–Kier alpha value is -1.66. The van der Waals surface area contributed by atoms with Crippen molar-refractivity contribution in [3.63, 3.8) is 0 Å². The number of ether oxygens (including phenoxy) is 2. The minimum absolute atomic E-state index is 0.267. The highest BCUT2D eigenvalue weighted by atomic mass is 16.6. The second-order valence-corrected chi connectivity index (χ2v) is 8.44. The van der Waals surface area contributed by atoms with E-state index in [0.29, 0.717) is 24.8 Å². The number of carbonyl (C=O) groups is 2. The highest BCUT2D eigenvalue weighted by Crippen LogP contribution is 2.59. The predicted molar refractivity (Wildman–Crippen MR) is 93.9 cm³/mol. The molecule has 7 atom stereocenters. The van der Waals surface area contributed by atoms with Crippen LogP contribution in [0.5, 0.6) is 0 Å². The summed E-state index contributed by atoms with van der Waals surface area (Å²) in [5, 5.41) is 21.7. The average Bonchev–Trinajstić information content (AvgIpc) is 2.85. The zero-order valence-electron chi connectivity index (χ0n) is 15.8. The van der Waals surface area contributed by atoms with Crippen molar-refractivity contribution in [2.24, 2.45) is 17.3 Å². The summed E-state index contributed by atoms with van der Waals surface area (Å²) in [5.74, 6) is -1.94. The molecule has 2 aliphatic carbocycles. The molecule has 0 aromatic rings. The molecule has 144 valence electrons. The zero-order chi connectivity index (χ0) is 19.4. The molecule has 0 amide bonds. The summed E-state index contributed by atoms with van der Waals surface area (Å²) in [6.45, 7) is 10.9. The van der Waals surface area contributed by atoms with Gasteiger partial charge in [0.15, 0.2) is 0 Å². The smallest absolute Gasteiger partial charge is 0.334 e. The molecule has 2 saturated carbocycles. The first kappa shape index (κ1) is 19.1. The third-order valence-corrected chi connectivity index (χ3v) is 6.71. The van der Waals surface area contributed by atoms with Gasteiger partial charge in [-0.1, -0.05) is 19.6 Å². The zero-order valence-corrected chi connectivity index (χ0v) is 15.8. The highest BCUT2D eigenvalue weighted by Gasteiger charge is 2.66. The first-order valence-electron chi connectivity index (χ1n) is 9.17. The van der Waals surface area contributed by atoms with Gasteiger partial charge < -0.3 is 19.7 Å². The molecule has 0 bridgehead atoms. The van der Waals surface area contributed by atoms with Gasteiger partial charge in [-0.25, -0.2) is 9.59 Å². The van der Waals surface area contributed by atoms with E-state index in [-0.39, 0.29) is 5.57 Å². The van der Waals surface area contributed by atoms with E-state index < -0.39 is 53.1 Å². The molecule has 3 fully saturated rings. The molecule has 0 aromatic heterocycles. The van der Waals surface area contributed by atoms with E-state index in [2.05, 4.69) is 6.58 Å². The van der Waals surface area contributed by atoms with E-state index in [4.69, 9.17) is 9.47 Å². The summed E-state index contributed by atoms with van der Waals surface area (Å²) in [6.07, 6.45) is 0.899. The summed E-state index contributed by atoms with van der Waals surface area (Å²) in [7, 11) is 0. The topological polar surface area (TPSA) is 93.1 Å². The van der Waals surface area contributed by atoms with E-state index in [1.54, 1.807) is 26.8 Å². The second kappa shape index (κ2) is 6.20. The van der Waals surface area contributed by atoms with E-state index in [0.717, 1.165) is 0 Å². The summed E-state index contributed by atoms with van der Waals surface area (Å²) < 4.78 is 11.3. The highest BCUT2D eigenvalue weighted by molar-refractivity contribution is 5.91. The Labute approximate surface area is 153 Å². The molecule has 0 spiro atoms. The number of esters is 2. The van der Waals surface area contributed by atoms with Gasteiger partial charge >= 0.3 is 11.9 Å². The van der Waals surface area contributed by atoms with Crippen molar-refractivity contribution in [3.05, 3.63) is 23.8 Å². The molecular weight excluding hydrogens is 336 g/mol. The maximum absolute atomic E-state index is 12.3. The average molecular weight is 364 g/mol. The molecule has 1 heterocycles. The Morgan fingerprint density at radius 2 is 2.08 bits per heavy atom. The number of hydrogen-bond acceptors (Lipinski definition) is 6. The largest absolute Gasteiger partial charge is 0.458 e. The van der Waals surface area contributed by atoms with Gasteiger partial charge in [0.05, 0.1) is 17.6 Å². The number of hydrogen-bond donors (Lipinski definition) is 2. The lowest BCUT2D eigenvalue weighted by Crippen LogP contribution is -2.65. The van der Waals surface area contributed by atoms with E-state index in [1.807, 2.05) is 6.92 Å². The Bertz CT molecular complexity index is 678. The lowest BCUT2D eigenvalue weighted by molar-refractivity contribution is -0.231. The first-order chi connectivity index (χ1) is 12.0. The van der Waals surface area contributed by atoms with Crippen LogP contribution in [0.25, 0.3) is 0 Å². The van der Waals surface area contributed by atoms with Crippen molar-refractivity contribution in [2.75, 3.05) is 0 Å². The van der Waals surface area contributed by atoms with Gasteiger partial charge in [-0.05, 0) is 40.0 Å². The van der Waals surface area contributed by atoms with Gasteiger partial charge in [0, 0.05) is 22.5 Å². The lowest BCUT2D eigenvalue weighted by Gasteiger charge is -2.58. The minimum Gasteiger partial charge on any atom is -0.458 e. The SMILES string of the molecule is C=C1C(=O)O[C@@H]2[C@H]1[C@H](OC(=O)/C(C)=C\C)C[C@@]1(C)[C@H](O)CC[C@](C)(O)[C@H]21. The molecule has 0 radical (unpaired) electrons. The van der Waals surface area contributed by atoms with Crippen LogP contribution < -0.4 is 0 Å². The number of fused-ring (bicyclic) bond motifs is 3. The van der Waals surface area contributed by atoms with E-state index in [1.165, 1.54) is 0 Å². The van der Waals surface area contributed by atoms with Crippen molar-refractivity contribution < 1.29 is 29.3 Å². The fourth-order valence-corrected chi connectivity index (χ4v) is 5.17. The molecule has 0 unspecified atom stereocenters. The Morgan fingerprint density at radius 1 is 1.42 bits per heavy atom. The molecule has 3 aliphatic rings. The first-order valence-corrected chi connectivity index (χ1v) is 9.17. The third kappa shape index (κ3) is 2.70. The Morgan fingerprint density at radius 3 is 2.69 bits per heavy atom. The number of aliphatic hydroxyl groups is 2. The van der Waals surface area contributed by atoms with Crippen LogP contribution in [0.4, 0.5) is 0 Å². The van der Waals surface area contributed by atoms with Gasteiger partial charge in [-0.3, -0.25) is 0 Å². The predicted octanol–water partition coefficient (Wildman–Crippen LogP) is 1.89. The quantitative estimate of drug-likeness (QED) is 0.574. The van der Waals surface area contributed by atoms with Crippen molar-refractivity contribution in [1.82, 2.24) is 0 Å². The van der Waals surface area contributed by atoms with Crippen LogP contribution in [0.3, 0.4) is 0 Å². The van der Waals surface area contributed by atoms with Crippen LogP contribution >= 0.6 is 0 Å². The molecule has 1 saturated heterocycles. The standard InChI is InChI=1S/C20H28O6/c1-6-10(2)17(22)25-12-9-19(4)13(21)7-8-20(5,24)16(19)15-14(12)11(3)18(23)26-15/h6,12-16,21,24H,3,7-9H2,1-2,4-5H3/b10-6-/t12-,13-,14-,15-,16-,19+,20+/m1/s1. The van der Waals surface area contributed by atoms with E-state index >= 15 is 0 Å². The van der Waals surface area contributed by atoms with Crippen LogP contribution in [0.15, 0.2) is 23.8 Å². The molecule has 1 aliphatic heterocycles. The van der Waals surface area contributed by atoms with Gasteiger partial charge in [-0.15, -0.1) is 0 Å². The van der Waals surface area contributed by atoms with Gasteiger partial charge in [0.2, 0.25) is 0 Å². The fourth-order valence-electron chi connectivity index (χ4n) is 5.17. The molecule has 0 aromatic carbocycles. The molecule has 26 heavy (non-hydrogen) atoms. The minimum atomic E-state index is -1.09. The van der Waals surface area contributed by atoms with Crippen LogP contribution in [0, 0.1) is 17.3 Å². The summed E-state index contributed by atoms with van der Waals surface area (Å²) >= 11 is 0. The maximum atomic E-state index is 12.3. The lowest BCUT2D eigenvalue weighted by atomic mass is 9.50. The van der Waals surface area contributed by atoms with Gasteiger partial charge in [0.1, 0.15) is 12.2 Å².